The molecule has 3 aromatic rings. The first-order valence-corrected chi connectivity index (χ1v) is 13.6. The minimum Gasteiger partial charge on any atom is -0.497 e. The van der Waals surface area contributed by atoms with E-state index in [4.69, 9.17) is 9.47 Å². The molecule has 0 aliphatic carbocycles. The number of ether oxygens (including phenoxy) is 2. The lowest BCUT2D eigenvalue weighted by molar-refractivity contribution is -0.138. The highest BCUT2D eigenvalue weighted by Gasteiger charge is 2.31. The lowest BCUT2D eigenvalue weighted by Crippen LogP contribution is -2.40. The highest BCUT2D eigenvalue weighted by Crippen LogP contribution is 2.20. The first-order chi connectivity index (χ1) is 19.9. The van der Waals surface area contributed by atoms with E-state index >= 15 is 0 Å². The first-order valence-electron chi connectivity index (χ1n) is 13.6. The molecule has 0 saturated carbocycles. The van der Waals surface area contributed by atoms with Gasteiger partial charge >= 0.3 is 6.03 Å². The third-order valence-electron chi connectivity index (χ3n) is 7.30. The summed E-state index contributed by atoms with van der Waals surface area (Å²) in [5, 5.41) is 2.77. The fraction of sp³-hybridized carbons (Fsp3) is 0.323. The first kappa shape index (κ1) is 28.1. The molecule has 1 atom stereocenters. The SMILES string of the molecule is COc1ccc(CN2CC(OCc3ccccc3F)CN(C(=O)Cc3ccc(N4CCNC4=O)cc3)CC2=O)cc1. The summed E-state index contributed by atoms with van der Waals surface area (Å²) in [6.45, 7) is 1.93. The Morgan fingerprint density at radius 2 is 1.71 bits per heavy atom. The van der Waals surface area contributed by atoms with E-state index in [1.54, 1.807) is 35.1 Å². The van der Waals surface area contributed by atoms with E-state index in [9.17, 15) is 18.8 Å². The third kappa shape index (κ3) is 7.01. The van der Waals surface area contributed by atoms with E-state index < -0.39 is 6.10 Å². The van der Waals surface area contributed by atoms with Crippen molar-refractivity contribution in [3.05, 3.63) is 95.3 Å². The Morgan fingerprint density at radius 3 is 2.39 bits per heavy atom. The van der Waals surface area contributed by atoms with Crippen molar-refractivity contribution in [1.29, 1.82) is 0 Å². The van der Waals surface area contributed by atoms with Crippen LogP contribution < -0.4 is 15.0 Å². The van der Waals surface area contributed by atoms with Gasteiger partial charge < -0.3 is 24.6 Å². The molecule has 2 heterocycles. The molecule has 10 heteroatoms. The van der Waals surface area contributed by atoms with Gasteiger partial charge in [-0.2, -0.15) is 0 Å². The number of amides is 4. The summed E-state index contributed by atoms with van der Waals surface area (Å²) in [6.07, 6.45) is -0.419. The van der Waals surface area contributed by atoms with Gasteiger partial charge in [0.05, 0.1) is 32.8 Å². The number of hydrogen-bond acceptors (Lipinski definition) is 5. The molecule has 9 nitrogen and oxygen atoms in total. The van der Waals surface area contributed by atoms with Crippen LogP contribution in [0.4, 0.5) is 14.9 Å². The van der Waals surface area contributed by atoms with Crippen molar-refractivity contribution in [3.63, 3.8) is 0 Å². The van der Waals surface area contributed by atoms with E-state index in [2.05, 4.69) is 5.32 Å². The van der Waals surface area contributed by atoms with Gasteiger partial charge in [0.1, 0.15) is 11.6 Å². The third-order valence-corrected chi connectivity index (χ3v) is 7.30. The standard InChI is InChI=1S/C31H33FN4O5/c1-40-26-12-8-23(9-13-26)17-34-18-27(41-21-24-4-2-3-5-28(24)32)19-35(20-30(34)38)29(37)16-22-6-10-25(11-7-22)36-15-14-33-31(36)39/h2-13,27H,14-21H2,1H3,(H,33,39). The Morgan fingerprint density at radius 1 is 0.976 bits per heavy atom. The van der Waals surface area contributed by atoms with Crippen LogP contribution in [0.3, 0.4) is 0 Å². The highest BCUT2D eigenvalue weighted by molar-refractivity contribution is 5.94. The average molecular weight is 561 g/mol. The van der Waals surface area contributed by atoms with Crippen LogP contribution in [-0.4, -0.2) is 73.6 Å². The van der Waals surface area contributed by atoms with Crippen LogP contribution in [0.1, 0.15) is 16.7 Å². The minimum atomic E-state index is -0.515. The Balaban J connectivity index is 1.29. The smallest absolute Gasteiger partial charge is 0.321 e. The molecule has 0 bridgehead atoms. The number of nitrogens with zero attached hydrogens (tertiary/aromatic N) is 3. The molecule has 0 spiro atoms. The molecular weight excluding hydrogens is 527 g/mol. The number of hydrogen-bond donors (Lipinski definition) is 1. The maximum absolute atomic E-state index is 14.3. The number of rotatable bonds is 9. The van der Waals surface area contributed by atoms with Crippen LogP contribution in [0.2, 0.25) is 0 Å². The van der Waals surface area contributed by atoms with E-state index in [0.29, 0.717) is 25.2 Å². The molecule has 41 heavy (non-hydrogen) atoms. The van der Waals surface area contributed by atoms with Crippen molar-refractivity contribution in [2.75, 3.05) is 44.7 Å². The quantitative estimate of drug-likeness (QED) is 0.434. The van der Waals surface area contributed by atoms with Crippen molar-refractivity contribution in [3.8, 4) is 5.75 Å². The predicted octanol–water partition coefficient (Wildman–Crippen LogP) is 3.36. The molecule has 1 unspecified atom stereocenters. The number of carbonyl (C=O) groups excluding carboxylic acids is 3. The Bertz CT molecular complexity index is 1380. The summed E-state index contributed by atoms with van der Waals surface area (Å²) in [5.41, 5.74) is 2.86. The summed E-state index contributed by atoms with van der Waals surface area (Å²) in [6, 6.07) is 21.0. The van der Waals surface area contributed by atoms with Crippen LogP contribution in [0, 0.1) is 5.82 Å². The number of benzene rings is 3. The maximum Gasteiger partial charge on any atom is 0.321 e. The van der Waals surface area contributed by atoms with E-state index in [-0.39, 0.29) is 56.3 Å². The predicted molar refractivity (Wildman–Crippen MR) is 151 cm³/mol. The molecule has 2 fully saturated rings. The van der Waals surface area contributed by atoms with Gasteiger partial charge in [-0.15, -0.1) is 0 Å². The second-order valence-corrected chi connectivity index (χ2v) is 10.1. The van der Waals surface area contributed by atoms with E-state index in [1.165, 1.54) is 11.0 Å². The highest BCUT2D eigenvalue weighted by atomic mass is 19.1. The van der Waals surface area contributed by atoms with Gasteiger partial charge in [0.25, 0.3) is 0 Å². The van der Waals surface area contributed by atoms with E-state index in [1.807, 2.05) is 48.5 Å². The molecule has 2 aliphatic rings. The zero-order valence-electron chi connectivity index (χ0n) is 22.9. The van der Waals surface area contributed by atoms with Crippen LogP contribution in [-0.2, 0) is 33.9 Å². The summed E-state index contributed by atoms with van der Waals surface area (Å²) >= 11 is 0. The summed E-state index contributed by atoms with van der Waals surface area (Å²) in [4.78, 5) is 43.6. The fourth-order valence-corrected chi connectivity index (χ4v) is 5.00. The topological polar surface area (TPSA) is 91.4 Å². The second kappa shape index (κ2) is 12.8. The van der Waals surface area contributed by atoms with Crippen molar-refractivity contribution >= 4 is 23.5 Å². The Labute approximate surface area is 238 Å². The largest absolute Gasteiger partial charge is 0.497 e. The summed E-state index contributed by atoms with van der Waals surface area (Å²) in [5.74, 6) is -0.0528. The van der Waals surface area contributed by atoms with Crippen LogP contribution in [0.25, 0.3) is 0 Å². The number of nitrogens with one attached hydrogen (secondary N) is 1. The monoisotopic (exact) mass is 560 g/mol. The molecule has 214 valence electrons. The van der Waals surface area contributed by atoms with Gasteiger partial charge in [0, 0.05) is 44.0 Å². The van der Waals surface area contributed by atoms with Crippen molar-refractivity contribution in [1.82, 2.24) is 15.1 Å². The van der Waals surface area contributed by atoms with Gasteiger partial charge in [-0.25, -0.2) is 9.18 Å². The minimum absolute atomic E-state index is 0.0233. The lowest BCUT2D eigenvalue weighted by atomic mass is 10.1. The van der Waals surface area contributed by atoms with Crippen LogP contribution in [0.5, 0.6) is 5.75 Å². The molecule has 3 aromatic carbocycles. The Hall–Kier alpha value is -4.44. The molecule has 0 radical (unpaired) electrons. The van der Waals surface area contributed by atoms with E-state index in [0.717, 1.165) is 22.6 Å². The molecule has 2 aliphatic heterocycles. The number of urea groups is 1. The normalized spacial score (nSPS) is 17.4. The molecule has 2 saturated heterocycles. The van der Waals surface area contributed by atoms with Gasteiger partial charge in [-0.05, 0) is 41.5 Å². The summed E-state index contributed by atoms with van der Waals surface area (Å²) < 4.78 is 25.6. The average Bonchev–Trinajstić information content (AvgIpc) is 3.34. The zero-order valence-corrected chi connectivity index (χ0v) is 22.9. The molecule has 0 aromatic heterocycles. The van der Waals surface area contributed by atoms with Crippen molar-refractivity contribution in [2.24, 2.45) is 0 Å². The molecule has 1 N–H and O–H groups in total. The lowest BCUT2D eigenvalue weighted by Gasteiger charge is -2.25. The van der Waals surface area contributed by atoms with Crippen molar-refractivity contribution < 1.29 is 28.2 Å². The van der Waals surface area contributed by atoms with Crippen LogP contribution >= 0.6 is 0 Å². The number of halogens is 1. The van der Waals surface area contributed by atoms with Crippen LogP contribution in [0.15, 0.2) is 72.8 Å². The number of carbonyl (C=O) groups is 3. The second-order valence-electron chi connectivity index (χ2n) is 10.1. The van der Waals surface area contributed by atoms with Gasteiger partial charge in [-0.3, -0.25) is 14.5 Å². The molecule has 5 rings (SSSR count). The maximum atomic E-state index is 14.3. The molecular formula is C31H33FN4O5. The number of methoxy groups -OCH3 is 1. The number of anilines is 1. The Kier molecular flexibility index (Phi) is 8.79. The van der Waals surface area contributed by atoms with Gasteiger partial charge in [0.2, 0.25) is 11.8 Å². The fourth-order valence-electron chi connectivity index (χ4n) is 5.00. The zero-order chi connectivity index (χ0) is 28.8. The van der Waals surface area contributed by atoms with Gasteiger partial charge in [-0.1, -0.05) is 42.5 Å². The van der Waals surface area contributed by atoms with Gasteiger partial charge in [0.15, 0.2) is 0 Å². The van der Waals surface area contributed by atoms with Crippen molar-refractivity contribution in [2.45, 2.75) is 25.7 Å². The summed E-state index contributed by atoms with van der Waals surface area (Å²) in [7, 11) is 1.59. The molecule has 4 amide bonds.